The number of piperazine rings is 1. The summed E-state index contributed by atoms with van der Waals surface area (Å²) in [5.41, 5.74) is 4.81. The van der Waals surface area contributed by atoms with E-state index in [1.54, 1.807) is 4.90 Å². The molecule has 194 valence electrons. The van der Waals surface area contributed by atoms with E-state index in [9.17, 15) is 4.79 Å². The molecule has 1 amide bonds. The Balaban J connectivity index is 1.24. The standard InChI is InChI=1S/C27H39N7O2/c1-3-20-18-22(33-15-13-32(2)14-16-33)8-9-24(20)30-26-29-19-23(21-6-7-21)25(31-26)28-10-4-11-34-12-5-17-36-27(34)35/h8-9,18-19,21H,3-7,10-17H2,1-2H3,(H2,28,29,30,31). The van der Waals surface area contributed by atoms with Gasteiger partial charge >= 0.3 is 6.09 Å². The summed E-state index contributed by atoms with van der Waals surface area (Å²) in [7, 11) is 2.18. The Kier molecular flexibility index (Phi) is 7.75. The number of ether oxygens (including phenoxy) is 1. The van der Waals surface area contributed by atoms with Crippen LogP contribution in [0.5, 0.6) is 0 Å². The second-order valence-electron chi connectivity index (χ2n) is 10.1. The number of benzene rings is 1. The van der Waals surface area contributed by atoms with Crippen LogP contribution in [0.1, 0.15) is 49.7 Å². The van der Waals surface area contributed by atoms with E-state index in [-0.39, 0.29) is 6.09 Å². The highest BCUT2D eigenvalue weighted by atomic mass is 16.6. The van der Waals surface area contributed by atoms with Crippen molar-refractivity contribution in [1.29, 1.82) is 0 Å². The molecule has 36 heavy (non-hydrogen) atoms. The molecule has 0 unspecified atom stereocenters. The van der Waals surface area contributed by atoms with Gasteiger partial charge in [-0.2, -0.15) is 4.98 Å². The number of hydrogen-bond acceptors (Lipinski definition) is 8. The molecule has 5 rings (SSSR count). The zero-order valence-corrected chi connectivity index (χ0v) is 21.6. The van der Waals surface area contributed by atoms with E-state index in [0.717, 1.165) is 70.0 Å². The molecule has 2 saturated heterocycles. The topological polar surface area (TPSA) is 85.9 Å². The van der Waals surface area contributed by atoms with Crippen molar-refractivity contribution in [2.24, 2.45) is 0 Å². The molecule has 1 aromatic heterocycles. The minimum absolute atomic E-state index is 0.196. The van der Waals surface area contributed by atoms with Gasteiger partial charge in [0.15, 0.2) is 0 Å². The molecular formula is C27H39N7O2. The van der Waals surface area contributed by atoms with Crippen molar-refractivity contribution >= 4 is 29.2 Å². The highest BCUT2D eigenvalue weighted by molar-refractivity contribution is 5.68. The summed E-state index contributed by atoms with van der Waals surface area (Å²) >= 11 is 0. The molecule has 3 heterocycles. The van der Waals surface area contributed by atoms with E-state index < -0.39 is 0 Å². The minimum atomic E-state index is -0.196. The molecule has 1 aliphatic carbocycles. The fourth-order valence-corrected chi connectivity index (χ4v) is 4.94. The van der Waals surface area contributed by atoms with Crippen molar-refractivity contribution in [3.8, 4) is 0 Å². The van der Waals surface area contributed by atoms with Gasteiger partial charge in [-0.1, -0.05) is 6.92 Å². The van der Waals surface area contributed by atoms with E-state index >= 15 is 0 Å². The van der Waals surface area contributed by atoms with Gasteiger partial charge in [0.1, 0.15) is 5.82 Å². The van der Waals surface area contributed by atoms with Crippen LogP contribution < -0.4 is 15.5 Å². The number of carbonyl (C=O) groups excluding carboxylic acids is 1. The van der Waals surface area contributed by atoms with E-state index in [1.807, 2.05) is 6.20 Å². The third-order valence-corrected chi connectivity index (χ3v) is 7.37. The second-order valence-corrected chi connectivity index (χ2v) is 10.1. The quantitative estimate of drug-likeness (QED) is 0.480. The number of cyclic esters (lactones) is 1. The van der Waals surface area contributed by atoms with E-state index in [1.165, 1.54) is 29.7 Å². The normalized spacial score (nSPS) is 18.8. The van der Waals surface area contributed by atoms with Crippen LogP contribution in [0.15, 0.2) is 24.4 Å². The number of anilines is 4. The zero-order chi connectivity index (χ0) is 24.9. The number of likely N-dealkylation sites (N-methyl/N-ethyl adjacent to an activating group) is 1. The van der Waals surface area contributed by atoms with Gasteiger partial charge < -0.3 is 30.1 Å². The van der Waals surface area contributed by atoms with Crippen LogP contribution in [-0.2, 0) is 11.2 Å². The average molecular weight is 494 g/mol. The lowest BCUT2D eigenvalue weighted by atomic mass is 10.1. The minimum Gasteiger partial charge on any atom is -0.449 e. The average Bonchev–Trinajstić information content (AvgIpc) is 3.74. The smallest absolute Gasteiger partial charge is 0.409 e. The summed E-state index contributed by atoms with van der Waals surface area (Å²) in [5, 5.41) is 7.00. The molecule has 0 radical (unpaired) electrons. The molecule has 9 nitrogen and oxygen atoms in total. The molecule has 2 N–H and O–H groups in total. The van der Waals surface area contributed by atoms with Gasteiger partial charge in [-0.05, 0) is 68.8 Å². The Morgan fingerprint density at radius 2 is 1.97 bits per heavy atom. The van der Waals surface area contributed by atoms with Crippen LogP contribution in [0.4, 0.5) is 27.9 Å². The molecule has 2 aromatic rings. The molecule has 2 aliphatic heterocycles. The molecule has 1 aromatic carbocycles. The summed E-state index contributed by atoms with van der Waals surface area (Å²) in [6.45, 7) is 9.27. The van der Waals surface area contributed by atoms with Gasteiger partial charge in [0.25, 0.3) is 0 Å². The molecule has 0 spiro atoms. The van der Waals surface area contributed by atoms with Gasteiger partial charge in [0, 0.05) is 68.9 Å². The van der Waals surface area contributed by atoms with Crippen LogP contribution in [0.3, 0.4) is 0 Å². The number of aromatic nitrogens is 2. The molecule has 1 saturated carbocycles. The van der Waals surface area contributed by atoms with Crippen LogP contribution in [-0.4, -0.2) is 85.3 Å². The van der Waals surface area contributed by atoms with E-state index in [2.05, 4.69) is 57.6 Å². The SMILES string of the molecule is CCc1cc(N2CCN(C)CC2)ccc1Nc1ncc(C2CC2)c(NCCCN2CCCOC2=O)n1. The van der Waals surface area contributed by atoms with Gasteiger partial charge in [0.05, 0.1) is 6.61 Å². The van der Waals surface area contributed by atoms with Gasteiger partial charge in [0.2, 0.25) is 5.95 Å². The molecule has 0 bridgehead atoms. The summed E-state index contributed by atoms with van der Waals surface area (Å²) in [4.78, 5) is 28.0. The Hall–Kier alpha value is -3.07. The predicted molar refractivity (Wildman–Crippen MR) is 143 cm³/mol. The van der Waals surface area contributed by atoms with Gasteiger partial charge in [-0.3, -0.25) is 0 Å². The second kappa shape index (κ2) is 11.3. The highest BCUT2D eigenvalue weighted by Crippen LogP contribution is 2.43. The zero-order valence-electron chi connectivity index (χ0n) is 21.6. The summed E-state index contributed by atoms with van der Waals surface area (Å²) in [6, 6.07) is 6.67. The lowest BCUT2D eigenvalue weighted by Crippen LogP contribution is -2.44. The fourth-order valence-electron chi connectivity index (χ4n) is 4.94. The lowest BCUT2D eigenvalue weighted by molar-refractivity contribution is 0.0729. The Bertz CT molecular complexity index is 1050. The predicted octanol–water partition coefficient (Wildman–Crippen LogP) is 4.06. The number of hydrogen-bond donors (Lipinski definition) is 2. The molecular weight excluding hydrogens is 454 g/mol. The van der Waals surface area contributed by atoms with Crippen molar-refractivity contribution in [2.45, 2.75) is 44.9 Å². The third-order valence-electron chi connectivity index (χ3n) is 7.37. The molecule has 3 aliphatic rings. The lowest BCUT2D eigenvalue weighted by Gasteiger charge is -2.34. The van der Waals surface area contributed by atoms with Gasteiger partial charge in [-0.25, -0.2) is 9.78 Å². The number of carbonyl (C=O) groups is 1. The highest BCUT2D eigenvalue weighted by Gasteiger charge is 2.28. The third kappa shape index (κ3) is 6.00. The number of aryl methyl sites for hydroxylation is 1. The van der Waals surface area contributed by atoms with E-state index in [0.29, 0.717) is 25.0 Å². The fraction of sp³-hybridized carbons (Fsp3) is 0.593. The van der Waals surface area contributed by atoms with Crippen molar-refractivity contribution in [3.05, 3.63) is 35.5 Å². The summed E-state index contributed by atoms with van der Waals surface area (Å²) in [5.74, 6) is 2.07. The maximum Gasteiger partial charge on any atom is 0.409 e. The Morgan fingerprint density at radius 3 is 2.72 bits per heavy atom. The number of nitrogens with zero attached hydrogens (tertiary/aromatic N) is 5. The summed E-state index contributed by atoms with van der Waals surface area (Å²) in [6.07, 6.45) is 6.85. The van der Waals surface area contributed by atoms with Crippen LogP contribution >= 0.6 is 0 Å². The first-order chi connectivity index (χ1) is 17.6. The maximum atomic E-state index is 11.9. The van der Waals surface area contributed by atoms with Crippen molar-refractivity contribution < 1.29 is 9.53 Å². The van der Waals surface area contributed by atoms with Crippen molar-refractivity contribution in [2.75, 3.05) is 75.0 Å². The number of nitrogens with one attached hydrogen (secondary N) is 2. The Morgan fingerprint density at radius 1 is 1.14 bits per heavy atom. The first-order valence-electron chi connectivity index (χ1n) is 13.5. The van der Waals surface area contributed by atoms with Gasteiger partial charge in [-0.15, -0.1) is 0 Å². The monoisotopic (exact) mass is 493 g/mol. The van der Waals surface area contributed by atoms with Crippen molar-refractivity contribution in [1.82, 2.24) is 19.8 Å². The Labute approximate surface area is 214 Å². The largest absolute Gasteiger partial charge is 0.449 e. The molecule has 9 heteroatoms. The van der Waals surface area contributed by atoms with Crippen LogP contribution in [0, 0.1) is 0 Å². The summed E-state index contributed by atoms with van der Waals surface area (Å²) < 4.78 is 5.13. The van der Waals surface area contributed by atoms with E-state index in [4.69, 9.17) is 9.72 Å². The maximum absolute atomic E-state index is 11.9. The molecule has 0 atom stereocenters. The number of rotatable bonds is 10. The first kappa shape index (κ1) is 24.6. The van der Waals surface area contributed by atoms with Crippen molar-refractivity contribution in [3.63, 3.8) is 0 Å². The van der Waals surface area contributed by atoms with Crippen LogP contribution in [0.2, 0.25) is 0 Å². The first-order valence-corrected chi connectivity index (χ1v) is 13.5. The number of amides is 1. The molecule has 3 fully saturated rings. The van der Waals surface area contributed by atoms with Crippen LogP contribution in [0.25, 0.3) is 0 Å².